The number of aromatic nitrogens is 3. The summed E-state index contributed by atoms with van der Waals surface area (Å²) in [4.78, 5) is 17.6. The summed E-state index contributed by atoms with van der Waals surface area (Å²) in [6.45, 7) is 4.93. The van der Waals surface area contributed by atoms with Crippen LogP contribution in [0.4, 0.5) is 10.2 Å². The fraction of sp³-hybridized carbons (Fsp3) is 0.292. The standard InChI is InChI=1S/C24H24FN5O3S2/c1-15-9-11-29(12-10-15)35(32,33)19-6-3-17(4-7-19)23(31)27-22-13-16(2)28-30(22)24-26-20-8-5-18(25)14-21(20)34-24/h3-8,13-15H,9-12H2,1-2H3,(H,27,31). The lowest BCUT2D eigenvalue weighted by Crippen LogP contribution is -2.37. The van der Waals surface area contributed by atoms with Crippen LogP contribution >= 0.6 is 11.3 Å². The summed E-state index contributed by atoms with van der Waals surface area (Å²) >= 11 is 1.26. The van der Waals surface area contributed by atoms with Crippen molar-refractivity contribution in [2.45, 2.75) is 31.6 Å². The van der Waals surface area contributed by atoms with Gasteiger partial charge in [0.25, 0.3) is 5.91 Å². The Morgan fingerprint density at radius 2 is 1.83 bits per heavy atom. The number of sulfonamides is 1. The average molecular weight is 514 g/mol. The van der Waals surface area contributed by atoms with E-state index in [-0.39, 0.29) is 10.7 Å². The number of amides is 1. The van der Waals surface area contributed by atoms with E-state index < -0.39 is 15.9 Å². The van der Waals surface area contributed by atoms with E-state index in [9.17, 15) is 17.6 Å². The lowest BCUT2D eigenvalue weighted by molar-refractivity contribution is 0.102. The monoisotopic (exact) mass is 513 g/mol. The van der Waals surface area contributed by atoms with Crippen LogP contribution in [0.5, 0.6) is 0 Å². The molecule has 4 aromatic rings. The van der Waals surface area contributed by atoms with Gasteiger partial charge >= 0.3 is 0 Å². The second kappa shape index (κ2) is 9.14. The summed E-state index contributed by atoms with van der Waals surface area (Å²) in [6, 6.07) is 12.0. The molecule has 2 aromatic carbocycles. The maximum atomic E-state index is 13.6. The number of anilines is 1. The van der Waals surface area contributed by atoms with Crippen molar-refractivity contribution < 1.29 is 17.6 Å². The van der Waals surface area contributed by atoms with E-state index in [2.05, 4.69) is 22.3 Å². The van der Waals surface area contributed by atoms with E-state index in [4.69, 9.17) is 0 Å². The zero-order valence-corrected chi connectivity index (χ0v) is 20.9. The molecule has 11 heteroatoms. The molecular formula is C24H24FN5O3S2. The number of fused-ring (bicyclic) bond motifs is 1. The third kappa shape index (κ3) is 4.71. The number of nitrogens with zero attached hydrogens (tertiary/aromatic N) is 4. The minimum Gasteiger partial charge on any atom is -0.306 e. The summed E-state index contributed by atoms with van der Waals surface area (Å²) in [6.07, 6.45) is 1.69. The van der Waals surface area contributed by atoms with E-state index in [1.165, 1.54) is 56.7 Å². The minimum absolute atomic E-state index is 0.172. The van der Waals surface area contributed by atoms with Crippen LogP contribution in [0.1, 0.15) is 35.8 Å². The first-order chi connectivity index (χ1) is 16.7. The molecule has 1 N–H and O–H groups in total. The molecule has 1 saturated heterocycles. The van der Waals surface area contributed by atoms with Gasteiger partial charge in [0, 0.05) is 24.7 Å². The van der Waals surface area contributed by atoms with Crippen molar-refractivity contribution in [3.8, 4) is 5.13 Å². The summed E-state index contributed by atoms with van der Waals surface area (Å²) in [7, 11) is -3.59. The first-order valence-corrected chi connectivity index (χ1v) is 13.5. The average Bonchev–Trinajstić information content (AvgIpc) is 3.41. The molecule has 0 aliphatic carbocycles. The number of thiazole rings is 1. The molecule has 1 fully saturated rings. The molecule has 1 amide bonds. The van der Waals surface area contributed by atoms with Crippen LogP contribution in [0, 0.1) is 18.7 Å². The number of benzene rings is 2. The molecule has 35 heavy (non-hydrogen) atoms. The van der Waals surface area contributed by atoms with E-state index >= 15 is 0 Å². The molecular weight excluding hydrogens is 489 g/mol. The number of rotatable bonds is 5. The molecule has 1 aliphatic rings. The zero-order chi connectivity index (χ0) is 24.7. The topological polar surface area (TPSA) is 97.2 Å². The normalized spacial score (nSPS) is 15.5. The Morgan fingerprint density at radius 1 is 1.11 bits per heavy atom. The lowest BCUT2D eigenvalue weighted by atomic mass is 10.0. The summed E-state index contributed by atoms with van der Waals surface area (Å²) in [5.74, 6) is 0.173. The van der Waals surface area contributed by atoms with Gasteiger partial charge in [0.05, 0.1) is 20.8 Å². The molecule has 0 radical (unpaired) electrons. The van der Waals surface area contributed by atoms with Gasteiger partial charge in [0.2, 0.25) is 15.2 Å². The van der Waals surface area contributed by atoms with E-state index in [1.54, 1.807) is 19.1 Å². The van der Waals surface area contributed by atoms with Gasteiger partial charge in [-0.3, -0.25) is 4.79 Å². The van der Waals surface area contributed by atoms with Crippen LogP contribution < -0.4 is 5.32 Å². The lowest BCUT2D eigenvalue weighted by Gasteiger charge is -2.29. The number of carbonyl (C=O) groups excluding carboxylic acids is 1. The Hall–Kier alpha value is -3.15. The molecule has 3 heterocycles. The van der Waals surface area contributed by atoms with Crippen LogP contribution in [-0.2, 0) is 10.0 Å². The van der Waals surface area contributed by atoms with E-state index in [0.717, 1.165) is 12.8 Å². The van der Waals surface area contributed by atoms with Gasteiger partial charge in [-0.2, -0.15) is 14.1 Å². The van der Waals surface area contributed by atoms with Gasteiger partial charge in [-0.05, 0) is 68.1 Å². The predicted octanol–water partition coefficient (Wildman–Crippen LogP) is 4.60. The molecule has 182 valence electrons. The third-order valence-corrected chi connectivity index (χ3v) is 9.00. The number of nitrogens with one attached hydrogen (secondary N) is 1. The molecule has 0 unspecified atom stereocenters. The highest BCUT2D eigenvalue weighted by molar-refractivity contribution is 7.89. The first kappa shape index (κ1) is 23.6. The molecule has 8 nitrogen and oxygen atoms in total. The fourth-order valence-electron chi connectivity index (χ4n) is 4.05. The highest BCUT2D eigenvalue weighted by Gasteiger charge is 2.28. The van der Waals surface area contributed by atoms with Gasteiger partial charge in [0.15, 0.2) is 0 Å². The van der Waals surface area contributed by atoms with Crippen molar-refractivity contribution in [1.82, 2.24) is 19.1 Å². The van der Waals surface area contributed by atoms with Crippen LogP contribution in [0.15, 0.2) is 53.4 Å². The third-order valence-electron chi connectivity index (χ3n) is 6.09. The van der Waals surface area contributed by atoms with Crippen molar-refractivity contribution in [3.05, 3.63) is 65.6 Å². The van der Waals surface area contributed by atoms with Crippen LogP contribution in [0.25, 0.3) is 15.3 Å². The number of aryl methyl sites for hydroxylation is 1. The van der Waals surface area contributed by atoms with Crippen molar-refractivity contribution >= 4 is 43.3 Å². The quantitative estimate of drug-likeness (QED) is 0.421. The number of carbonyl (C=O) groups is 1. The maximum Gasteiger partial charge on any atom is 0.256 e. The highest BCUT2D eigenvalue weighted by atomic mass is 32.2. The molecule has 5 rings (SSSR count). The molecule has 2 aromatic heterocycles. The van der Waals surface area contributed by atoms with E-state index in [1.807, 2.05) is 0 Å². The number of hydrogen-bond acceptors (Lipinski definition) is 6. The highest BCUT2D eigenvalue weighted by Crippen LogP contribution is 2.28. The van der Waals surface area contributed by atoms with Gasteiger partial charge in [-0.15, -0.1) is 0 Å². The van der Waals surface area contributed by atoms with Gasteiger partial charge in [0.1, 0.15) is 11.6 Å². The van der Waals surface area contributed by atoms with Gasteiger partial charge in [-0.1, -0.05) is 18.3 Å². The Labute approximate surface area is 206 Å². The van der Waals surface area contributed by atoms with Crippen LogP contribution in [0.2, 0.25) is 0 Å². The largest absolute Gasteiger partial charge is 0.306 e. The molecule has 0 spiro atoms. The summed E-state index contributed by atoms with van der Waals surface area (Å²) in [5.41, 5.74) is 1.62. The van der Waals surface area contributed by atoms with Gasteiger partial charge in [-0.25, -0.2) is 17.8 Å². The number of hydrogen-bond donors (Lipinski definition) is 1. The van der Waals surface area contributed by atoms with Crippen molar-refractivity contribution in [1.29, 1.82) is 0 Å². The molecule has 0 saturated carbocycles. The molecule has 1 aliphatic heterocycles. The number of piperidine rings is 1. The Kier molecular flexibility index (Phi) is 6.16. The second-order valence-corrected chi connectivity index (χ2v) is 11.7. The maximum absolute atomic E-state index is 13.6. The van der Waals surface area contributed by atoms with Crippen LogP contribution in [-0.4, -0.2) is 46.5 Å². The van der Waals surface area contributed by atoms with Crippen molar-refractivity contribution in [2.75, 3.05) is 18.4 Å². The van der Waals surface area contributed by atoms with E-state index in [0.29, 0.717) is 51.4 Å². The van der Waals surface area contributed by atoms with Crippen molar-refractivity contribution in [3.63, 3.8) is 0 Å². The smallest absolute Gasteiger partial charge is 0.256 e. The summed E-state index contributed by atoms with van der Waals surface area (Å²) in [5, 5.41) is 7.73. The van der Waals surface area contributed by atoms with Crippen LogP contribution in [0.3, 0.4) is 0 Å². The Balaban J connectivity index is 1.36. The van der Waals surface area contributed by atoms with Crippen molar-refractivity contribution in [2.24, 2.45) is 5.92 Å². The molecule has 0 atom stereocenters. The Morgan fingerprint density at radius 3 is 2.54 bits per heavy atom. The van der Waals surface area contributed by atoms with Gasteiger partial charge < -0.3 is 5.32 Å². The molecule has 0 bridgehead atoms. The SMILES string of the molecule is Cc1cc(NC(=O)c2ccc(S(=O)(=O)N3CCC(C)CC3)cc2)n(-c2nc3ccc(F)cc3s2)n1. The number of halogens is 1. The Bertz CT molecular complexity index is 1500. The predicted molar refractivity (Wildman–Crippen MR) is 133 cm³/mol. The second-order valence-electron chi connectivity index (χ2n) is 8.76. The fourth-order valence-corrected chi connectivity index (χ4v) is 6.48. The summed E-state index contributed by atoms with van der Waals surface area (Å²) < 4.78 is 43.2. The first-order valence-electron chi connectivity index (χ1n) is 11.3. The zero-order valence-electron chi connectivity index (χ0n) is 19.2. The minimum atomic E-state index is -3.59.